The number of nitrogens with one attached hydrogen (secondary N) is 1. The molecule has 1 N–H and O–H groups in total. The number of ether oxygens (including phenoxy) is 4. The van der Waals surface area contributed by atoms with Crippen molar-refractivity contribution in [2.75, 3.05) is 13.2 Å². The maximum atomic E-state index is 12.6. The molecule has 1 amide bonds. The molecule has 1 rings (SSSR count). The SMILES string of the molecule is CCCCCCCCCCC(=O)OC[C@H](CNC(=O)OC(C)(C)C)OC(=O)CCCCCCCCC/C=C\CCCCCCCCCC(=O)OCc1ccccc1. The lowest BCUT2D eigenvalue weighted by molar-refractivity contribution is -0.159. The van der Waals surface area contributed by atoms with E-state index in [2.05, 4.69) is 24.4 Å². The van der Waals surface area contributed by atoms with Gasteiger partial charge >= 0.3 is 24.0 Å². The second kappa shape index (κ2) is 35.8. The van der Waals surface area contributed by atoms with Crippen LogP contribution in [0.25, 0.3) is 0 Å². The molecule has 0 fully saturated rings. The molecule has 326 valence electrons. The maximum absolute atomic E-state index is 12.6. The van der Waals surface area contributed by atoms with Gasteiger partial charge in [0, 0.05) is 19.3 Å². The fraction of sp³-hybridized carbons (Fsp3) is 0.750. The summed E-state index contributed by atoms with van der Waals surface area (Å²) in [6, 6.07) is 9.81. The van der Waals surface area contributed by atoms with Crippen molar-refractivity contribution in [2.24, 2.45) is 0 Å². The fourth-order valence-corrected chi connectivity index (χ4v) is 6.43. The lowest BCUT2D eigenvalue weighted by Gasteiger charge is -2.22. The highest BCUT2D eigenvalue weighted by Gasteiger charge is 2.21. The van der Waals surface area contributed by atoms with Crippen LogP contribution in [0.4, 0.5) is 4.79 Å². The molecule has 0 heterocycles. The van der Waals surface area contributed by atoms with Crippen LogP contribution in [0.15, 0.2) is 42.5 Å². The van der Waals surface area contributed by atoms with Gasteiger partial charge in [-0.15, -0.1) is 0 Å². The van der Waals surface area contributed by atoms with Crippen LogP contribution in [0.3, 0.4) is 0 Å². The molecular formula is C48H81NO8. The molecule has 9 nitrogen and oxygen atoms in total. The molecule has 9 heteroatoms. The molecule has 0 aliphatic heterocycles. The first-order chi connectivity index (χ1) is 27.6. The predicted molar refractivity (Wildman–Crippen MR) is 231 cm³/mol. The fourth-order valence-electron chi connectivity index (χ4n) is 6.43. The van der Waals surface area contributed by atoms with Gasteiger partial charge in [-0.05, 0) is 71.3 Å². The molecule has 0 aromatic heterocycles. The standard InChI is InChI=1S/C48H81NO8/c1-5-6-7-8-9-22-25-32-37-45(51)55-41-43(39-49-47(53)57-48(2,3)4)56-46(52)38-33-27-24-21-19-17-15-13-11-10-12-14-16-18-20-23-26-31-36-44(50)54-40-42-34-29-28-30-35-42/h10-11,28-30,34-35,43H,5-9,12-27,31-33,36-41H2,1-4H3,(H,49,53)/b11-10-/t43-/m0/s1. The lowest BCUT2D eigenvalue weighted by Crippen LogP contribution is -2.40. The maximum Gasteiger partial charge on any atom is 0.407 e. The van der Waals surface area contributed by atoms with Crippen molar-refractivity contribution >= 4 is 24.0 Å². The smallest absolute Gasteiger partial charge is 0.407 e. The summed E-state index contributed by atoms with van der Waals surface area (Å²) >= 11 is 0. The summed E-state index contributed by atoms with van der Waals surface area (Å²) in [6.07, 6.45) is 31.7. The summed E-state index contributed by atoms with van der Waals surface area (Å²) in [4.78, 5) is 49.1. The van der Waals surface area contributed by atoms with Gasteiger partial charge in [-0.25, -0.2) is 4.79 Å². The summed E-state index contributed by atoms with van der Waals surface area (Å²) in [7, 11) is 0. The average Bonchev–Trinajstić information content (AvgIpc) is 3.18. The Labute approximate surface area is 347 Å². The second-order valence-corrected chi connectivity index (χ2v) is 16.5. The minimum Gasteiger partial charge on any atom is -0.462 e. The Morgan fingerprint density at radius 1 is 0.579 bits per heavy atom. The highest BCUT2D eigenvalue weighted by atomic mass is 16.6. The Bertz CT molecular complexity index is 1180. The first-order valence-corrected chi connectivity index (χ1v) is 22.8. The van der Waals surface area contributed by atoms with E-state index in [9.17, 15) is 19.2 Å². The summed E-state index contributed by atoms with van der Waals surface area (Å²) < 4.78 is 21.7. The number of rotatable bonds is 36. The number of carbonyl (C=O) groups excluding carboxylic acids is 4. The Hall–Kier alpha value is -3.36. The Morgan fingerprint density at radius 2 is 1.02 bits per heavy atom. The molecule has 0 aliphatic rings. The Balaban J connectivity index is 2.05. The van der Waals surface area contributed by atoms with Gasteiger partial charge in [-0.2, -0.15) is 0 Å². The zero-order valence-electron chi connectivity index (χ0n) is 36.6. The number of esters is 3. The predicted octanol–water partition coefficient (Wildman–Crippen LogP) is 12.8. The van der Waals surface area contributed by atoms with E-state index >= 15 is 0 Å². The molecule has 0 spiro atoms. The van der Waals surface area contributed by atoms with Gasteiger partial charge in [-0.3, -0.25) is 14.4 Å². The van der Waals surface area contributed by atoms with E-state index in [0.29, 0.717) is 25.9 Å². The van der Waals surface area contributed by atoms with Crippen molar-refractivity contribution in [1.82, 2.24) is 5.32 Å². The number of allylic oxidation sites excluding steroid dienone is 2. The van der Waals surface area contributed by atoms with Crippen LogP contribution in [0, 0.1) is 0 Å². The monoisotopic (exact) mass is 800 g/mol. The van der Waals surface area contributed by atoms with Gasteiger partial charge in [0.05, 0.1) is 6.54 Å². The summed E-state index contributed by atoms with van der Waals surface area (Å²) in [5.74, 6) is -0.750. The highest BCUT2D eigenvalue weighted by Crippen LogP contribution is 2.14. The number of unbranched alkanes of at least 4 members (excludes halogenated alkanes) is 21. The van der Waals surface area contributed by atoms with E-state index in [4.69, 9.17) is 18.9 Å². The number of amides is 1. The first-order valence-electron chi connectivity index (χ1n) is 22.8. The normalized spacial score (nSPS) is 12.0. The number of benzene rings is 1. The van der Waals surface area contributed by atoms with Crippen molar-refractivity contribution in [3.63, 3.8) is 0 Å². The van der Waals surface area contributed by atoms with E-state index in [1.54, 1.807) is 20.8 Å². The third-order valence-corrected chi connectivity index (χ3v) is 9.75. The number of carbonyl (C=O) groups is 4. The third-order valence-electron chi connectivity index (χ3n) is 9.75. The van der Waals surface area contributed by atoms with Crippen molar-refractivity contribution in [2.45, 2.75) is 219 Å². The number of hydrogen-bond donors (Lipinski definition) is 1. The van der Waals surface area contributed by atoms with Crippen LogP contribution in [-0.4, -0.2) is 48.9 Å². The molecule has 1 aromatic carbocycles. The summed E-state index contributed by atoms with van der Waals surface area (Å²) in [5, 5.41) is 2.64. The topological polar surface area (TPSA) is 117 Å². The van der Waals surface area contributed by atoms with Crippen LogP contribution >= 0.6 is 0 Å². The lowest BCUT2D eigenvalue weighted by atomic mass is 10.1. The molecule has 0 radical (unpaired) electrons. The molecule has 1 aromatic rings. The zero-order chi connectivity index (χ0) is 41.7. The minimum atomic E-state index is -0.765. The third kappa shape index (κ3) is 35.5. The molecule has 0 saturated carbocycles. The van der Waals surface area contributed by atoms with Crippen molar-refractivity contribution in [1.29, 1.82) is 0 Å². The van der Waals surface area contributed by atoms with Gasteiger partial charge in [0.1, 0.15) is 18.8 Å². The molecule has 0 aliphatic carbocycles. The molecule has 1 atom stereocenters. The molecule has 0 bridgehead atoms. The quantitative estimate of drug-likeness (QED) is 0.0309. The first kappa shape index (κ1) is 51.7. The van der Waals surface area contributed by atoms with Gasteiger partial charge in [0.2, 0.25) is 0 Å². The van der Waals surface area contributed by atoms with Crippen molar-refractivity contribution in [3.05, 3.63) is 48.0 Å². The zero-order valence-corrected chi connectivity index (χ0v) is 36.6. The van der Waals surface area contributed by atoms with Gasteiger partial charge < -0.3 is 24.3 Å². The average molecular weight is 800 g/mol. The summed E-state index contributed by atoms with van der Waals surface area (Å²) in [6.45, 7) is 7.84. The Kier molecular flexibility index (Phi) is 32.4. The van der Waals surface area contributed by atoms with Crippen LogP contribution in [0.2, 0.25) is 0 Å². The Morgan fingerprint density at radius 3 is 1.51 bits per heavy atom. The minimum absolute atomic E-state index is 0.0143. The van der Waals surface area contributed by atoms with E-state index in [1.807, 2.05) is 30.3 Å². The van der Waals surface area contributed by atoms with Crippen LogP contribution < -0.4 is 5.32 Å². The van der Waals surface area contributed by atoms with E-state index in [1.165, 1.54) is 83.5 Å². The van der Waals surface area contributed by atoms with Crippen molar-refractivity contribution in [3.8, 4) is 0 Å². The van der Waals surface area contributed by atoms with Gasteiger partial charge in [0.25, 0.3) is 0 Å². The molecular weight excluding hydrogens is 719 g/mol. The van der Waals surface area contributed by atoms with Crippen LogP contribution in [-0.2, 0) is 39.9 Å². The highest BCUT2D eigenvalue weighted by molar-refractivity contribution is 5.71. The van der Waals surface area contributed by atoms with E-state index in [-0.39, 0.29) is 31.1 Å². The molecule has 0 unspecified atom stereocenters. The van der Waals surface area contributed by atoms with E-state index < -0.39 is 17.8 Å². The molecule has 0 saturated heterocycles. The van der Waals surface area contributed by atoms with Crippen molar-refractivity contribution < 1.29 is 38.1 Å². The largest absolute Gasteiger partial charge is 0.462 e. The van der Waals surface area contributed by atoms with Gasteiger partial charge in [0.15, 0.2) is 6.10 Å². The molecule has 57 heavy (non-hydrogen) atoms. The number of hydrogen-bond acceptors (Lipinski definition) is 8. The van der Waals surface area contributed by atoms with Crippen LogP contribution in [0.1, 0.15) is 207 Å². The van der Waals surface area contributed by atoms with E-state index in [0.717, 1.165) is 76.2 Å². The van der Waals surface area contributed by atoms with Crippen LogP contribution in [0.5, 0.6) is 0 Å². The summed E-state index contributed by atoms with van der Waals surface area (Å²) in [5.41, 5.74) is 0.380. The second-order valence-electron chi connectivity index (χ2n) is 16.5. The number of alkyl carbamates (subject to hydrolysis) is 1. The van der Waals surface area contributed by atoms with Gasteiger partial charge in [-0.1, -0.05) is 159 Å².